The Bertz CT molecular complexity index is 513. The highest BCUT2D eigenvalue weighted by Crippen LogP contribution is 2.30. The molecule has 3 rings (SSSR count). The quantitative estimate of drug-likeness (QED) is 0.908. The minimum Gasteiger partial charge on any atom is -0.496 e. The topological polar surface area (TPSA) is 41.6 Å². The van der Waals surface area contributed by atoms with E-state index in [1.165, 1.54) is 36.0 Å². The van der Waals surface area contributed by atoms with Crippen molar-refractivity contribution in [3.63, 3.8) is 0 Å². The van der Waals surface area contributed by atoms with E-state index in [0.29, 0.717) is 6.42 Å². The van der Waals surface area contributed by atoms with Crippen molar-refractivity contribution >= 4 is 5.91 Å². The molecule has 1 N–H and O–H groups in total. The van der Waals surface area contributed by atoms with Crippen molar-refractivity contribution in [3.05, 3.63) is 28.8 Å². The van der Waals surface area contributed by atoms with Gasteiger partial charge in [0.2, 0.25) is 5.91 Å². The molecule has 1 amide bonds. The van der Waals surface area contributed by atoms with Gasteiger partial charge in [0.05, 0.1) is 7.11 Å². The molecule has 20 heavy (non-hydrogen) atoms. The van der Waals surface area contributed by atoms with Crippen molar-refractivity contribution in [3.8, 4) is 5.75 Å². The highest BCUT2D eigenvalue weighted by molar-refractivity contribution is 5.76. The third kappa shape index (κ3) is 2.80. The first kappa shape index (κ1) is 13.4. The van der Waals surface area contributed by atoms with Crippen LogP contribution in [0, 0.1) is 0 Å². The fraction of sp³-hybridized carbons (Fsp3) is 0.562. The number of rotatable bonds is 3. The maximum Gasteiger partial charge on any atom is 0.221 e. The highest BCUT2D eigenvalue weighted by Gasteiger charge is 2.18. The van der Waals surface area contributed by atoms with Crippen LogP contribution in [0.15, 0.2) is 12.1 Å². The van der Waals surface area contributed by atoms with Crippen LogP contribution in [-0.4, -0.2) is 37.6 Å². The molecule has 0 saturated carbocycles. The van der Waals surface area contributed by atoms with Crippen molar-refractivity contribution in [2.45, 2.75) is 32.2 Å². The standard InChI is InChI=1S/C16H22N2O2/c1-20-15-10-13-4-2-3-12(13)9-14(15)11-18-7-5-16(19)17-6-8-18/h9-10H,2-8,11H2,1H3,(H,17,19). The van der Waals surface area contributed by atoms with Crippen LogP contribution < -0.4 is 10.1 Å². The van der Waals surface area contributed by atoms with E-state index in [4.69, 9.17) is 4.74 Å². The normalized spacial score (nSPS) is 19.4. The molecule has 2 aliphatic rings. The van der Waals surface area contributed by atoms with Gasteiger partial charge < -0.3 is 10.1 Å². The minimum atomic E-state index is 0.161. The zero-order chi connectivity index (χ0) is 13.9. The summed E-state index contributed by atoms with van der Waals surface area (Å²) >= 11 is 0. The van der Waals surface area contributed by atoms with Gasteiger partial charge in [0.15, 0.2) is 0 Å². The molecule has 1 saturated heterocycles. The van der Waals surface area contributed by atoms with E-state index in [9.17, 15) is 4.79 Å². The second kappa shape index (κ2) is 5.83. The molecule has 0 radical (unpaired) electrons. The lowest BCUT2D eigenvalue weighted by Gasteiger charge is -2.21. The Morgan fingerprint density at radius 2 is 2.00 bits per heavy atom. The molecule has 1 aromatic carbocycles. The molecule has 1 heterocycles. The van der Waals surface area contributed by atoms with E-state index in [1.54, 1.807) is 7.11 Å². The van der Waals surface area contributed by atoms with Crippen LogP contribution in [0.2, 0.25) is 0 Å². The molecule has 1 aliphatic carbocycles. The van der Waals surface area contributed by atoms with E-state index in [0.717, 1.165) is 31.9 Å². The third-order valence-corrected chi connectivity index (χ3v) is 4.29. The van der Waals surface area contributed by atoms with Crippen molar-refractivity contribution in [2.75, 3.05) is 26.7 Å². The van der Waals surface area contributed by atoms with Crippen molar-refractivity contribution in [2.24, 2.45) is 0 Å². The number of methoxy groups -OCH3 is 1. The monoisotopic (exact) mass is 274 g/mol. The first-order chi connectivity index (χ1) is 9.76. The lowest BCUT2D eigenvalue weighted by Crippen LogP contribution is -2.28. The Balaban J connectivity index is 1.77. The summed E-state index contributed by atoms with van der Waals surface area (Å²) < 4.78 is 5.56. The minimum absolute atomic E-state index is 0.161. The fourth-order valence-corrected chi connectivity index (χ4v) is 3.18. The average molecular weight is 274 g/mol. The molecule has 4 heteroatoms. The van der Waals surface area contributed by atoms with Gasteiger partial charge in [0.1, 0.15) is 5.75 Å². The Hall–Kier alpha value is -1.55. The van der Waals surface area contributed by atoms with E-state index in [2.05, 4.69) is 22.3 Å². The second-order valence-electron chi connectivity index (χ2n) is 5.66. The SMILES string of the molecule is COc1cc2c(cc1CN1CCNC(=O)CC1)CCC2. The predicted molar refractivity (Wildman–Crippen MR) is 77.9 cm³/mol. The summed E-state index contributed by atoms with van der Waals surface area (Å²) in [6, 6.07) is 4.51. The molecule has 4 nitrogen and oxygen atoms in total. The van der Waals surface area contributed by atoms with Gasteiger partial charge >= 0.3 is 0 Å². The maximum atomic E-state index is 11.4. The van der Waals surface area contributed by atoms with Crippen LogP contribution in [-0.2, 0) is 24.2 Å². The molecule has 0 aromatic heterocycles. The van der Waals surface area contributed by atoms with Crippen LogP contribution >= 0.6 is 0 Å². The molecule has 0 unspecified atom stereocenters. The molecule has 0 bridgehead atoms. The summed E-state index contributed by atoms with van der Waals surface area (Å²) in [5.74, 6) is 1.16. The van der Waals surface area contributed by atoms with E-state index >= 15 is 0 Å². The van der Waals surface area contributed by atoms with Gasteiger partial charge in [0, 0.05) is 38.2 Å². The Morgan fingerprint density at radius 3 is 2.80 bits per heavy atom. The third-order valence-electron chi connectivity index (χ3n) is 4.29. The highest BCUT2D eigenvalue weighted by atomic mass is 16.5. The van der Waals surface area contributed by atoms with Gasteiger partial charge in [-0.05, 0) is 36.5 Å². The number of carbonyl (C=O) groups is 1. The Morgan fingerprint density at radius 1 is 1.20 bits per heavy atom. The smallest absolute Gasteiger partial charge is 0.221 e. The van der Waals surface area contributed by atoms with Gasteiger partial charge in [-0.25, -0.2) is 0 Å². The van der Waals surface area contributed by atoms with Crippen molar-refractivity contribution in [1.82, 2.24) is 10.2 Å². The van der Waals surface area contributed by atoms with Crippen LogP contribution in [0.5, 0.6) is 5.75 Å². The zero-order valence-corrected chi connectivity index (χ0v) is 12.1. The molecule has 108 valence electrons. The van der Waals surface area contributed by atoms with Gasteiger partial charge in [-0.3, -0.25) is 9.69 Å². The summed E-state index contributed by atoms with van der Waals surface area (Å²) in [5, 5.41) is 2.92. The van der Waals surface area contributed by atoms with E-state index < -0.39 is 0 Å². The molecular weight excluding hydrogens is 252 g/mol. The largest absolute Gasteiger partial charge is 0.496 e. The second-order valence-corrected chi connectivity index (χ2v) is 5.66. The molecule has 0 atom stereocenters. The summed E-state index contributed by atoms with van der Waals surface area (Å²) in [7, 11) is 1.74. The van der Waals surface area contributed by atoms with Crippen LogP contribution in [0.4, 0.5) is 0 Å². The van der Waals surface area contributed by atoms with Crippen LogP contribution in [0.25, 0.3) is 0 Å². The number of ether oxygens (including phenoxy) is 1. The number of amides is 1. The molecule has 0 spiro atoms. The summed E-state index contributed by atoms with van der Waals surface area (Å²) in [5.41, 5.74) is 4.17. The number of fused-ring (bicyclic) bond motifs is 1. The number of aryl methyl sites for hydroxylation is 2. The van der Waals surface area contributed by atoms with Crippen LogP contribution in [0.3, 0.4) is 0 Å². The summed E-state index contributed by atoms with van der Waals surface area (Å²) in [6.45, 7) is 3.34. The first-order valence-electron chi connectivity index (χ1n) is 7.44. The number of benzene rings is 1. The number of nitrogens with one attached hydrogen (secondary N) is 1. The van der Waals surface area contributed by atoms with Crippen LogP contribution in [0.1, 0.15) is 29.5 Å². The number of nitrogens with zero attached hydrogens (tertiary/aromatic N) is 1. The summed E-state index contributed by atoms with van der Waals surface area (Å²) in [6.07, 6.45) is 4.21. The predicted octanol–water partition coefficient (Wildman–Crippen LogP) is 1.51. The number of hydrogen-bond donors (Lipinski definition) is 1. The average Bonchev–Trinajstić information content (AvgIpc) is 2.81. The molecule has 1 aromatic rings. The Labute approximate surface area is 120 Å². The molecule has 1 aliphatic heterocycles. The van der Waals surface area contributed by atoms with E-state index in [1.807, 2.05) is 0 Å². The van der Waals surface area contributed by atoms with Crippen molar-refractivity contribution < 1.29 is 9.53 Å². The first-order valence-corrected chi connectivity index (χ1v) is 7.44. The molecular formula is C16H22N2O2. The van der Waals surface area contributed by atoms with Gasteiger partial charge in [-0.15, -0.1) is 0 Å². The van der Waals surface area contributed by atoms with Gasteiger partial charge in [0.25, 0.3) is 0 Å². The number of carbonyl (C=O) groups excluding carboxylic acids is 1. The number of hydrogen-bond acceptors (Lipinski definition) is 3. The van der Waals surface area contributed by atoms with Crippen molar-refractivity contribution in [1.29, 1.82) is 0 Å². The summed E-state index contributed by atoms with van der Waals surface area (Å²) in [4.78, 5) is 13.7. The molecule has 1 fully saturated rings. The van der Waals surface area contributed by atoms with Gasteiger partial charge in [-0.1, -0.05) is 6.07 Å². The zero-order valence-electron chi connectivity index (χ0n) is 12.1. The lowest BCUT2D eigenvalue weighted by atomic mass is 10.0. The van der Waals surface area contributed by atoms with Gasteiger partial charge in [-0.2, -0.15) is 0 Å². The lowest BCUT2D eigenvalue weighted by molar-refractivity contribution is -0.120. The fourth-order valence-electron chi connectivity index (χ4n) is 3.18. The maximum absolute atomic E-state index is 11.4. The Kier molecular flexibility index (Phi) is 3.92. The van der Waals surface area contributed by atoms with E-state index in [-0.39, 0.29) is 5.91 Å².